The van der Waals surface area contributed by atoms with Crippen molar-refractivity contribution in [3.63, 3.8) is 0 Å². The maximum atomic E-state index is 11.0. The Kier molecular flexibility index (Phi) is 25.5. The summed E-state index contributed by atoms with van der Waals surface area (Å²) in [5.74, 6) is 0.145. The zero-order valence-electron chi connectivity index (χ0n) is 10.3. The van der Waals surface area contributed by atoms with Crippen LogP contribution >= 0.6 is 0 Å². The van der Waals surface area contributed by atoms with Crippen molar-refractivity contribution in [2.24, 2.45) is 0 Å². The molecule has 0 saturated heterocycles. The average molecular weight is 284 g/mol. The standard InChI is InChI=1S/C10H12O.3CO.Cr/c1-7-4-5-8(2)10(6-7)9(3)11;3*1-2;/h4-6H,1-3H3;;;;. The van der Waals surface area contributed by atoms with Crippen LogP contribution in [0.3, 0.4) is 0 Å². The number of Topliss-reactive ketones (excluding diaryl/α,β-unsaturated/α-hetero) is 1. The summed E-state index contributed by atoms with van der Waals surface area (Å²) in [5.41, 5.74) is 3.04. The van der Waals surface area contributed by atoms with Crippen LogP contribution in [0.2, 0.25) is 0 Å². The molecule has 1 aromatic rings. The van der Waals surface area contributed by atoms with Crippen LogP contribution in [0.4, 0.5) is 0 Å². The van der Waals surface area contributed by atoms with Gasteiger partial charge in [-0.3, -0.25) is 4.79 Å². The van der Waals surface area contributed by atoms with Gasteiger partial charge in [-0.2, -0.15) is 0 Å². The molecule has 0 atom stereocenters. The van der Waals surface area contributed by atoms with Crippen LogP contribution in [0.25, 0.3) is 0 Å². The summed E-state index contributed by atoms with van der Waals surface area (Å²) in [6.45, 7) is 19.0. The molecule has 0 heterocycles. The third-order valence-corrected chi connectivity index (χ3v) is 1.77. The van der Waals surface area contributed by atoms with Gasteiger partial charge in [-0.05, 0) is 32.4 Å². The van der Waals surface area contributed by atoms with E-state index in [1.165, 1.54) is 0 Å². The van der Waals surface area contributed by atoms with Crippen molar-refractivity contribution in [1.29, 1.82) is 0 Å². The normalized spacial score (nSPS) is 6.28. The third-order valence-electron chi connectivity index (χ3n) is 1.77. The fourth-order valence-corrected chi connectivity index (χ4v) is 1.12. The first-order chi connectivity index (χ1) is 8.11. The van der Waals surface area contributed by atoms with Crippen molar-refractivity contribution in [3.05, 3.63) is 54.8 Å². The molecule has 0 saturated carbocycles. The van der Waals surface area contributed by atoms with E-state index >= 15 is 0 Å². The van der Waals surface area contributed by atoms with Gasteiger partial charge in [0.15, 0.2) is 5.78 Å². The summed E-state index contributed by atoms with van der Waals surface area (Å²) < 4.78 is 22.5. The van der Waals surface area contributed by atoms with Gasteiger partial charge in [0.2, 0.25) is 0 Å². The molecule has 94 valence electrons. The van der Waals surface area contributed by atoms with Gasteiger partial charge in [0, 0.05) is 22.9 Å². The van der Waals surface area contributed by atoms with E-state index in [9.17, 15) is 4.79 Å². The van der Waals surface area contributed by atoms with Gasteiger partial charge in [-0.1, -0.05) is 17.7 Å². The van der Waals surface area contributed by atoms with Crippen molar-refractivity contribution in [2.75, 3.05) is 0 Å². The minimum absolute atomic E-state index is 0. The second-order valence-electron chi connectivity index (χ2n) is 2.87. The van der Waals surface area contributed by atoms with E-state index in [-0.39, 0.29) is 23.1 Å². The van der Waals surface area contributed by atoms with Crippen molar-refractivity contribution in [3.8, 4) is 0 Å². The van der Waals surface area contributed by atoms with Crippen LogP contribution in [0.15, 0.2) is 18.2 Å². The van der Waals surface area contributed by atoms with Crippen LogP contribution < -0.4 is 0 Å². The molecule has 0 aliphatic rings. The number of hydrogen-bond donors (Lipinski definition) is 0. The maximum Gasteiger partial charge on any atom is 0 e. The minimum Gasteiger partial charge on any atom is 0 e. The van der Waals surface area contributed by atoms with Crippen LogP contribution in [-0.2, 0) is 31.3 Å². The van der Waals surface area contributed by atoms with Gasteiger partial charge in [0.05, 0.1) is 0 Å². The van der Waals surface area contributed by atoms with Crippen LogP contribution in [0, 0.1) is 33.8 Å². The topological polar surface area (TPSA) is 76.8 Å². The maximum absolute atomic E-state index is 11.0. The molecule has 0 aromatic heterocycles. The Morgan fingerprint density at radius 2 is 1.39 bits per heavy atom. The van der Waals surface area contributed by atoms with Crippen LogP contribution in [0.5, 0.6) is 0 Å². The number of rotatable bonds is 1. The van der Waals surface area contributed by atoms with Gasteiger partial charge < -0.3 is 0 Å². The molecular weight excluding hydrogens is 272 g/mol. The molecule has 0 bridgehead atoms. The Morgan fingerprint density at radius 3 is 1.67 bits per heavy atom. The summed E-state index contributed by atoms with van der Waals surface area (Å²) in [4.78, 5) is 11.0. The van der Waals surface area contributed by atoms with E-state index in [4.69, 9.17) is 14.0 Å². The number of carbonyl (C=O) groups is 1. The number of ketones is 1. The van der Waals surface area contributed by atoms with Crippen LogP contribution in [0.1, 0.15) is 28.4 Å². The van der Waals surface area contributed by atoms with Gasteiger partial charge in [0.25, 0.3) is 0 Å². The molecule has 4 nitrogen and oxygen atoms in total. The Morgan fingerprint density at radius 1 is 1.00 bits per heavy atom. The summed E-state index contributed by atoms with van der Waals surface area (Å²) in [7, 11) is 0. The molecular formula is C13H12CrO4. The molecule has 0 radical (unpaired) electrons. The number of carbonyl (C=O) groups excluding carboxylic acids is 1. The fourth-order valence-electron chi connectivity index (χ4n) is 1.12. The van der Waals surface area contributed by atoms with Gasteiger partial charge in [-0.15, -0.1) is 0 Å². The Labute approximate surface area is 118 Å². The van der Waals surface area contributed by atoms with Crippen molar-refractivity contribution in [1.82, 2.24) is 0 Å². The molecule has 0 fully saturated rings. The van der Waals surface area contributed by atoms with Gasteiger partial charge >= 0.3 is 33.9 Å². The number of aryl methyl sites for hydroxylation is 2. The zero-order chi connectivity index (χ0) is 14.4. The molecule has 5 heteroatoms. The molecule has 18 heavy (non-hydrogen) atoms. The van der Waals surface area contributed by atoms with Gasteiger partial charge in [-0.25, -0.2) is 0 Å². The summed E-state index contributed by atoms with van der Waals surface area (Å²) in [6, 6.07) is 5.92. The average Bonchev–Trinajstić information content (AvgIpc) is 2.39. The second kappa shape index (κ2) is 18.0. The Balaban J connectivity index is -0.000000123. The van der Waals surface area contributed by atoms with Crippen molar-refractivity contribution in [2.45, 2.75) is 20.8 Å². The summed E-state index contributed by atoms with van der Waals surface area (Å²) in [6.07, 6.45) is 0. The molecule has 0 spiro atoms. The molecule has 0 unspecified atom stereocenters. The fraction of sp³-hybridized carbons (Fsp3) is 0.231. The number of hydrogen-bond acceptors (Lipinski definition) is 1. The van der Waals surface area contributed by atoms with Crippen molar-refractivity contribution >= 4 is 5.78 Å². The smallest absolute Gasteiger partial charge is 0 e. The van der Waals surface area contributed by atoms with E-state index < -0.39 is 0 Å². The molecule has 0 aliphatic carbocycles. The largest absolute Gasteiger partial charge is 0 e. The first kappa shape index (κ1) is 25.5. The predicted octanol–water partition coefficient (Wildman–Crippen LogP) is 2.39. The molecule has 1 rings (SSSR count). The SMILES string of the molecule is CC(=O)c1cc(C)ccc1C.[C-]#[O+].[C-]#[O+].[C-]#[O+].[Cr]. The quantitative estimate of drug-likeness (QED) is 0.443. The van der Waals surface area contributed by atoms with E-state index in [2.05, 4.69) is 20.0 Å². The van der Waals surface area contributed by atoms with E-state index in [0.717, 1.165) is 16.7 Å². The van der Waals surface area contributed by atoms with Gasteiger partial charge in [0.1, 0.15) is 0 Å². The zero-order valence-corrected chi connectivity index (χ0v) is 11.5. The monoisotopic (exact) mass is 284 g/mol. The first-order valence-corrected chi connectivity index (χ1v) is 4.30. The molecule has 0 amide bonds. The third kappa shape index (κ3) is 11.1. The second-order valence-corrected chi connectivity index (χ2v) is 2.87. The minimum atomic E-state index is 0. The van der Waals surface area contributed by atoms with Crippen LogP contribution in [-0.4, -0.2) is 5.78 Å². The van der Waals surface area contributed by atoms with E-state index in [0.29, 0.717) is 0 Å². The Bertz CT molecular complexity index is 391. The Hall–Kier alpha value is -1.36. The summed E-state index contributed by atoms with van der Waals surface area (Å²) in [5, 5.41) is 0. The van der Waals surface area contributed by atoms with E-state index in [1.807, 2.05) is 32.0 Å². The van der Waals surface area contributed by atoms with Crippen molar-refractivity contribution < 1.29 is 36.1 Å². The molecule has 0 N–H and O–H groups in total. The predicted molar refractivity (Wildman–Crippen MR) is 57.7 cm³/mol. The van der Waals surface area contributed by atoms with E-state index in [1.54, 1.807) is 6.92 Å². The summed E-state index contributed by atoms with van der Waals surface area (Å²) >= 11 is 0. The first-order valence-electron chi connectivity index (χ1n) is 4.30. The number of benzene rings is 1. The molecule has 0 aliphatic heterocycles. The molecule has 1 aromatic carbocycles.